The van der Waals surface area contributed by atoms with Gasteiger partial charge in [-0.05, 0) is 6.42 Å². The zero-order chi connectivity index (χ0) is 9.98. The van der Waals surface area contributed by atoms with Crippen molar-refractivity contribution in [1.29, 1.82) is 0 Å². The maximum Gasteiger partial charge on any atom is 0.219 e. The topological polar surface area (TPSA) is 20.3 Å². The molecule has 2 heteroatoms. The number of hydrogen-bond donors (Lipinski definition) is 0. The zero-order valence-corrected chi connectivity index (χ0v) is 9.18. The predicted octanol–water partition coefficient (Wildman–Crippen LogP) is 2.68. The molecule has 0 aliphatic rings. The summed E-state index contributed by atoms with van der Waals surface area (Å²) in [6.45, 7) is 8.67. The highest BCUT2D eigenvalue weighted by Crippen LogP contribution is 1.95. The molecule has 0 aliphatic carbocycles. The molecule has 0 bridgehead atoms. The van der Waals surface area contributed by atoms with Crippen molar-refractivity contribution in [2.24, 2.45) is 0 Å². The molecule has 0 heterocycles. The van der Waals surface area contributed by atoms with E-state index in [0.717, 1.165) is 13.0 Å². The van der Waals surface area contributed by atoms with Gasteiger partial charge in [-0.15, -0.1) is 0 Å². The number of carbonyl (C=O) groups is 1. The highest BCUT2D eigenvalue weighted by atomic mass is 16.2. The van der Waals surface area contributed by atoms with E-state index in [-0.39, 0.29) is 5.91 Å². The van der Waals surface area contributed by atoms with Crippen LogP contribution in [0.2, 0.25) is 0 Å². The summed E-state index contributed by atoms with van der Waals surface area (Å²) in [6, 6.07) is 0. The summed E-state index contributed by atoms with van der Waals surface area (Å²) >= 11 is 0. The van der Waals surface area contributed by atoms with Gasteiger partial charge in [0.2, 0.25) is 5.91 Å². The van der Waals surface area contributed by atoms with E-state index in [9.17, 15) is 4.79 Å². The predicted molar refractivity (Wildman–Crippen MR) is 54.2 cm³/mol. The van der Waals surface area contributed by atoms with Crippen molar-refractivity contribution in [2.45, 2.75) is 47.0 Å². The molecule has 2 nitrogen and oxygen atoms in total. The second-order valence-electron chi connectivity index (χ2n) is 2.65. The van der Waals surface area contributed by atoms with Gasteiger partial charge in [0, 0.05) is 20.5 Å². The van der Waals surface area contributed by atoms with E-state index in [4.69, 9.17) is 0 Å². The minimum atomic E-state index is 0.163. The molecule has 0 rings (SSSR count). The van der Waals surface area contributed by atoms with Crippen molar-refractivity contribution in [3.63, 3.8) is 0 Å². The Morgan fingerprint density at radius 1 is 1.25 bits per heavy atom. The van der Waals surface area contributed by atoms with Gasteiger partial charge in [-0.25, -0.2) is 0 Å². The summed E-state index contributed by atoms with van der Waals surface area (Å²) in [6.07, 6.45) is 3.57. The Labute approximate surface area is 77.0 Å². The lowest BCUT2D eigenvalue weighted by Crippen LogP contribution is -2.24. The first-order valence-corrected chi connectivity index (χ1v) is 4.90. The number of unbranched alkanes of at least 4 members (excludes halogenated alkanes) is 2. The fourth-order valence-electron chi connectivity index (χ4n) is 0.756. The molecule has 0 aliphatic heterocycles. The van der Waals surface area contributed by atoms with E-state index in [1.807, 2.05) is 20.9 Å². The third-order valence-electron chi connectivity index (χ3n) is 1.63. The molecule has 0 unspecified atom stereocenters. The monoisotopic (exact) mass is 173 g/mol. The van der Waals surface area contributed by atoms with Crippen LogP contribution in [0.5, 0.6) is 0 Å². The molecule has 74 valence electrons. The molecular formula is C10H23NO. The average molecular weight is 173 g/mol. The maximum atomic E-state index is 10.7. The zero-order valence-electron chi connectivity index (χ0n) is 9.18. The van der Waals surface area contributed by atoms with Crippen molar-refractivity contribution < 1.29 is 4.79 Å². The lowest BCUT2D eigenvalue weighted by molar-refractivity contribution is -0.127. The van der Waals surface area contributed by atoms with E-state index >= 15 is 0 Å². The molecular weight excluding hydrogens is 150 g/mol. The van der Waals surface area contributed by atoms with E-state index in [0.29, 0.717) is 0 Å². The van der Waals surface area contributed by atoms with E-state index < -0.39 is 0 Å². The van der Waals surface area contributed by atoms with E-state index in [1.54, 1.807) is 11.8 Å². The Balaban J connectivity index is 0. The molecule has 0 saturated heterocycles. The van der Waals surface area contributed by atoms with Crippen LogP contribution in [0.15, 0.2) is 0 Å². The van der Waals surface area contributed by atoms with Crippen LogP contribution in [0.3, 0.4) is 0 Å². The van der Waals surface area contributed by atoms with Crippen LogP contribution in [0, 0.1) is 0 Å². The molecule has 0 N–H and O–H groups in total. The standard InChI is InChI=1S/C8H17NO.C2H6/c1-4-5-6-7-9(3)8(2)10;1-2/h4-7H2,1-3H3;1-2H3. The van der Waals surface area contributed by atoms with Crippen molar-refractivity contribution in [1.82, 2.24) is 4.90 Å². The fraction of sp³-hybridized carbons (Fsp3) is 0.900. The Kier molecular flexibility index (Phi) is 12.2. The third kappa shape index (κ3) is 9.47. The Hall–Kier alpha value is -0.530. The molecule has 0 saturated carbocycles. The highest BCUT2D eigenvalue weighted by molar-refractivity contribution is 5.72. The summed E-state index contributed by atoms with van der Waals surface area (Å²) < 4.78 is 0. The quantitative estimate of drug-likeness (QED) is 0.598. The smallest absolute Gasteiger partial charge is 0.219 e. The van der Waals surface area contributed by atoms with Gasteiger partial charge in [0.25, 0.3) is 0 Å². The van der Waals surface area contributed by atoms with Crippen molar-refractivity contribution in [3.8, 4) is 0 Å². The fourth-order valence-corrected chi connectivity index (χ4v) is 0.756. The van der Waals surface area contributed by atoms with Gasteiger partial charge < -0.3 is 4.90 Å². The molecule has 1 amide bonds. The van der Waals surface area contributed by atoms with Crippen LogP contribution in [0.25, 0.3) is 0 Å². The first-order chi connectivity index (χ1) is 5.68. The number of hydrogen-bond acceptors (Lipinski definition) is 1. The maximum absolute atomic E-state index is 10.7. The van der Waals surface area contributed by atoms with Crippen molar-refractivity contribution >= 4 is 5.91 Å². The highest BCUT2D eigenvalue weighted by Gasteiger charge is 1.98. The SMILES string of the molecule is CC.CCCCCN(C)C(C)=O. The van der Waals surface area contributed by atoms with Crippen LogP contribution in [-0.4, -0.2) is 24.4 Å². The average Bonchev–Trinajstić information content (AvgIpc) is 2.08. The first kappa shape index (κ1) is 14.0. The normalized spacial score (nSPS) is 8.42. The molecule has 0 aromatic heterocycles. The summed E-state index contributed by atoms with van der Waals surface area (Å²) in [5, 5.41) is 0. The van der Waals surface area contributed by atoms with Gasteiger partial charge in [0.1, 0.15) is 0 Å². The Morgan fingerprint density at radius 3 is 2.08 bits per heavy atom. The van der Waals surface area contributed by atoms with Crippen molar-refractivity contribution in [2.75, 3.05) is 13.6 Å². The number of amides is 1. The van der Waals surface area contributed by atoms with Gasteiger partial charge in [-0.2, -0.15) is 0 Å². The minimum absolute atomic E-state index is 0.163. The van der Waals surface area contributed by atoms with Crippen molar-refractivity contribution in [3.05, 3.63) is 0 Å². The van der Waals surface area contributed by atoms with E-state index in [2.05, 4.69) is 6.92 Å². The summed E-state index contributed by atoms with van der Waals surface area (Å²) in [5.41, 5.74) is 0. The number of nitrogens with zero attached hydrogens (tertiary/aromatic N) is 1. The lowest BCUT2D eigenvalue weighted by atomic mass is 10.2. The van der Waals surface area contributed by atoms with Gasteiger partial charge in [-0.1, -0.05) is 33.6 Å². The molecule has 0 radical (unpaired) electrons. The van der Waals surface area contributed by atoms with Gasteiger partial charge in [0.05, 0.1) is 0 Å². The van der Waals surface area contributed by atoms with Gasteiger partial charge in [0.15, 0.2) is 0 Å². The second-order valence-corrected chi connectivity index (χ2v) is 2.65. The van der Waals surface area contributed by atoms with Gasteiger partial charge >= 0.3 is 0 Å². The molecule has 0 atom stereocenters. The van der Waals surface area contributed by atoms with Gasteiger partial charge in [-0.3, -0.25) is 4.79 Å². The Bertz CT molecular complexity index is 102. The largest absolute Gasteiger partial charge is 0.346 e. The molecule has 0 aromatic rings. The third-order valence-corrected chi connectivity index (χ3v) is 1.63. The Morgan fingerprint density at radius 2 is 1.75 bits per heavy atom. The second kappa shape index (κ2) is 10.5. The molecule has 12 heavy (non-hydrogen) atoms. The van der Waals surface area contributed by atoms with Crippen LogP contribution >= 0.6 is 0 Å². The number of rotatable bonds is 4. The van der Waals surface area contributed by atoms with Crippen LogP contribution in [0.1, 0.15) is 47.0 Å². The van der Waals surface area contributed by atoms with Crippen LogP contribution in [-0.2, 0) is 4.79 Å². The molecule has 0 fully saturated rings. The van der Waals surface area contributed by atoms with E-state index in [1.165, 1.54) is 12.8 Å². The first-order valence-electron chi connectivity index (χ1n) is 4.90. The van der Waals surface area contributed by atoms with Crippen LogP contribution < -0.4 is 0 Å². The lowest BCUT2D eigenvalue weighted by Gasteiger charge is -2.13. The minimum Gasteiger partial charge on any atom is -0.346 e. The molecule has 0 spiro atoms. The summed E-state index contributed by atoms with van der Waals surface area (Å²) in [5.74, 6) is 0.163. The van der Waals surface area contributed by atoms with Crippen LogP contribution in [0.4, 0.5) is 0 Å². The number of carbonyl (C=O) groups excluding carboxylic acids is 1. The molecule has 0 aromatic carbocycles. The summed E-state index contributed by atoms with van der Waals surface area (Å²) in [7, 11) is 1.85. The summed E-state index contributed by atoms with van der Waals surface area (Å²) in [4.78, 5) is 12.4.